The highest BCUT2D eigenvalue weighted by molar-refractivity contribution is 6.40. The Kier molecular flexibility index (Phi) is 3.57. The Bertz CT molecular complexity index is 766. The largest absolute Gasteiger partial charge is 0.382 e. The van der Waals surface area contributed by atoms with Crippen LogP contribution in [0.5, 0.6) is 0 Å². The van der Waals surface area contributed by atoms with Gasteiger partial charge >= 0.3 is 0 Å². The molecule has 0 aromatic carbocycles. The number of ketones is 4. The van der Waals surface area contributed by atoms with E-state index < -0.39 is 34.1 Å². The zero-order valence-corrected chi connectivity index (χ0v) is 15.6. The standard InChI is InChI=1S/C21H26O5/c1-11(22)21(26)9-6-14-16-13(5-8-20(14,21)3)19(2)7-4-12(23)10-15(19)17(24)18(16)25/h4,7,13-16,26H,5-6,8-10H2,1-3H3/t13-,14-,15?,16+,19+,20-,21-/m0/s1. The van der Waals surface area contributed by atoms with E-state index in [0.717, 1.165) is 0 Å². The molecule has 3 saturated carbocycles. The molecule has 5 heteroatoms. The average Bonchev–Trinajstić information content (AvgIpc) is 2.87. The zero-order valence-electron chi connectivity index (χ0n) is 15.6. The van der Waals surface area contributed by atoms with Crippen LogP contribution < -0.4 is 0 Å². The Morgan fingerprint density at radius 2 is 1.73 bits per heavy atom. The lowest BCUT2D eigenvalue weighted by molar-refractivity contribution is -0.173. The van der Waals surface area contributed by atoms with Gasteiger partial charge < -0.3 is 5.11 Å². The fourth-order valence-electron chi connectivity index (χ4n) is 6.77. The van der Waals surface area contributed by atoms with Crippen LogP contribution in [0.2, 0.25) is 0 Å². The van der Waals surface area contributed by atoms with Gasteiger partial charge in [0.05, 0.1) is 0 Å². The molecule has 0 heterocycles. The first-order valence-electron chi connectivity index (χ1n) is 9.60. The highest BCUT2D eigenvalue weighted by atomic mass is 16.3. The minimum absolute atomic E-state index is 0.0190. The van der Waals surface area contributed by atoms with Crippen molar-refractivity contribution in [1.29, 1.82) is 0 Å². The van der Waals surface area contributed by atoms with Crippen LogP contribution in [0.1, 0.15) is 52.9 Å². The van der Waals surface area contributed by atoms with Crippen molar-refractivity contribution in [3.05, 3.63) is 12.2 Å². The summed E-state index contributed by atoms with van der Waals surface area (Å²) in [7, 11) is 0. The molecule has 1 unspecified atom stereocenters. The normalized spacial score (nSPS) is 50.2. The lowest BCUT2D eigenvalue weighted by atomic mass is 9.45. The predicted molar refractivity (Wildman–Crippen MR) is 93.1 cm³/mol. The van der Waals surface area contributed by atoms with E-state index in [2.05, 4.69) is 0 Å². The summed E-state index contributed by atoms with van der Waals surface area (Å²) in [6.07, 6.45) is 5.78. The van der Waals surface area contributed by atoms with Gasteiger partial charge in [-0.05, 0) is 55.9 Å². The van der Waals surface area contributed by atoms with Crippen molar-refractivity contribution in [2.75, 3.05) is 0 Å². The summed E-state index contributed by atoms with van der Waals surface area (Å²) in [5, 5.41) is 11.1. The molecule has 7 atom stereocenters. The smallest absolute Gasteiger partial charge is 0.203 e. The van der Waals surface area contributed by atoms with Gasteiger partial charge in [0.15, 0.2) is 11.6 Å². The van der Waals surface area contributed by atoms with E-state index in [1.165, 1.54) is 6.92 Å². The molecule has 1 N–H and O–H groups in total. The Labute approximate surface area is 153 Å². The van der Waals surface area contributed by atoms with Crippen LogP contribution >= 0.6 is 0 Å². The van der Waals surface area contributed by atoms with E-state index >= 15 is 0 Å². The Hall–Kier alpha value is -1.62. The van der Waals surface area contributed by atoms with Crippen LogP contribution in [0, 0.1) is 34.5 Å². The van der Waals surface area contributed by atoms with Crippen LogP contribution in [0.3, 0.4) is 0 Å². The predicted octanol–water partition coefficient (Wildman–Crippen LogP) is 2.05. The molecular formula is C21H26O5. The third-order valence-corrected chi connectivity index (χ3v) is 8.45. The second-order valence-electron chi connectivity index (χ2n) is 9.30. The van der Waals surface area contributed by atoms with Gasteiger partial charge in [0.1, 0.15) is 5.60 Å². The second kappa shape index (κ2) is 5.22. The van der Waals surface area contributed by atoms with Gasteiger partial charge in [0, 0.05) is 23.7 Å². The van der Waals surface area contributed by atoms with Gasteiger partial charge in [0.2, 0.25) is 11.6 Å². The van der Waals surface area contributed by atoms with Crippen molar-refractivity contribution < 1.29 is 24.3 Å². The molecule has 0 bridgehead atoms. The average molecular weight is 358 g/mol. The van der Waals surface area contributed by atoms with E-state index in [0.29, 0.717) is 25.7 Å². The third kappa shape index (κ3) is 1.90. The summed E-state index contributed by atoms with van der Waals surface area (Å²) in [5.74, 6) is -2.38. The first-order valence-corrected chi connectivity index (χ1v) is 9.60. The molecule has 0 aromatic heterocycles. The van der Waals surface area contributed by atoms with E-state index in [9.17, 15) is 24.3 Å². The number of Topliss-reactive ketones (excluding diaryl/α,β-unsaturated/α-hetero) is 3. The number of rotatable bonds is 1. The van der Waals surface area contributed by atoms with E-state index in [1.807, 2.05) is 19.9 Å². The van der Waals surface area contributed by atoms with Crippen molar-refractivity contribution in [2.45, 2.75) is 58.5 Å². The molecule has 0 amide bonds. The molecule has 5 nitrogen and oxygen atoms in total. The summed E-state index contributed by atoms with van der Waals surface area (Å²) in [4.78, 5) is 50.0. The molecule has 0 aromatic rings. The number of allylic oxidation sites excluding steroid dienone is 2. The van der Waals surface area contributed by atoms with Gasteiger partial charge in [-0.15, -0.1) is 0 Å². The summed E-state index contributed by atoms with van der Waals surface area (Å²) >= 11 is 0. The van der Waals surface area contributed by atoms with Crippen LogP contribution in [0.25, 0.3) is 0 Å². The van der Waals surface area contributed by atoms with Crippen molar-refractivity contribution in [1.82, 2.24) is 0 Å². The highest BCUT2D eigenvalue weighted by Crippen LogP contribution is 2.66. The van der Waals surface area contributed by atoms with E-state index in [-0.39, 0.29) is 35.6 Å². The maximum Gasteiger partial charge on any atom is 0.203 e. The van der Waals surface area contributed by atoms with Crippen LogP contribution in [-0.2, 0) is 19.2 Å². The molecule has 4 aliphatic carbocycles. The van der Waals surface area contributed by atoms with Gasteiger partial charge in [-0.3, -0.25) is 19.2 Å². The maximum absolute atomic E-state index is 13.1. The lowest BCUT2D eigenvalue weighted by Gasteiger charge is -2.57. The van der Waals surface area contributed by atoms with Crippen LogP contribution in [0.4, 0.5) is 0 Å². The van der Waals surface area contributed by atoms with E-state index in [4.69, 9.17) is 0 Å². The van der Waals surface area contributed by atoms with Gasteiger partial charge in [-0.2, -0.15) is 0 Å². The topological polar surface area (TPSA) is 88.5 Å². The number of fused-ring (bicyclic) bond motifs is 5. The van der Waals surface area contributed by atoms with Gasteiger partial charge in [-0.25, -0.2) is 0 Å². The summed E-state index contributed by atoms with van der Waals surface area (Å²) in [6.45, 7) is 5.33. The van der Waals surface area contributed by atoms with E-state index in [1.54, 1.807) is 6.08 Å². The first kappa shape index (κ1) is 17.8. The zero-order chi connectivity index (χ0) is 19.1. The molecule has 140 valence electrons. The van der Waals surface area contributed by atoms with Crippen molar-refractivity contribution >= 4 is 23.1 Å². The van der Waals surface area contributed by atoms with Crippen molar-refractivity contribution in [3.63, 3.8) is 0 Å². The van der Waals surface area contributed by atoms with Crippen molar-refractivity contribution in [3.8, 4) is 0 Å². The minimum Gasteiger partial charge on any atom is -0.382 e. The molecule has 3 fully saturated rings. The number of hydrogen-bond acceptors (Lipinski definition) is 5. The summed E-state index contributed by atoms with van der Waals surface area (Å²) in [6, 6.07) is 0. The molecular weight excluding hydrogens is 332 g/mol. The number of carbonyl (C=O) groups excluding carboxylic acids is 4. The fourth-order valence-corrected chi connectivity index (χ4v) is 6.77. The van der Waals surface area contributed by atoms with Gasteiger partial charge in [-0.1, -0.05) is 19.9 Å². The van der Waals surface area contributed by atoms with Crippen molar-refractivity contribution in [2.24, 2.45) is 34.5 Å². The monoisotopic (exact) mass is 358 g/mol. The maximum atomic E-state index is 13.1. The quantitative estimate of drug-likeness (QED) is 0.725. The molecule has 4 rings (SSSR count). The molecule has 26 heavy (non-hydrogen) atoms. The lowest BCUT2D eigenvalue weighted by Crippen LogP contribution is -2.62. The van der Waals surface area contributed by atoms with Gasteiger partial charge in [0.25, 0.3) is 0 Å². The molecule has 0 aliphatic heterocycles. The third-order valence-electron chi connectivity index (χ3n) is 8.45. The SMILES string of the molecule is CC(=O)[C@@]1(O)CC[C@H]2[C@@H]3C(=O)C(=O)C4CC(=O)C=C[C@]4(C)[C@H]3CC[C@@]21C. The van der Waals surface area contributed by atoms with Crippen LogP contribution in [0.15, 0.2) is 12.2 Å². The number of aliphatic hydroxyl groups is 1. The molecule has 4 aliphatic rings. The second-order valence-corrected chi connectivity index (χ2v) is 9.30. The van der Waals surface area contributed by atoms with Crippen LogP contribution in [-0.4, -0.2) is 33.8 Å². The number of carbonyl (C=O) groups is 4. The summed E-state index contributed by atoms with van der Waals surface area (Å²) < 4.78 is 0. The first-order chi connectivity index (χ1) is 12.1. The fraction of sp³-hybridized carbons (Fsp3) is 0.714. The highest BCUT2D eigenvalue weighted by Gasteiger charge is 2.69. The Morgan fingerprint density at radius 3 is 2.38 bits per heavy atom. The number of hydrogen-bond donors (Lipinski definition) is 1. The molecule has 0 spiro atoms. The molecule has 0 saturated heterocycles. The Morgan fingerprint density at radius 1 is 1.08 bits per heavy atom. The summed E-state index contributed by atoms with van der Waals surface area (Å²) in [5.41, 5.74) is -2.59. The molecule has 0 radical (unpaired) electrons. The minimum atomic E-state index is -1.41. The Balaban J connectivity index is 1.80.